The monoisotopic (exact) mass is 331 g/mol. The molecule has 24 heavy (non-hydrogen) atoms. The summed E-state index contributed by atoms with van der Waals surface area (Å²) in [4.78, 5) is 16.6. The van der Waals surface area contributed by atoms with E-state index in [4.69, 9.17) is 4.74 Å². The van der Waals surface area contributed by atoms with Gasteiger partial charge in [-0.1, -0.05) is 12.1 Å². The Morgan fingerprint density at radius 3 is 3.04 bits per heavy atom. The number of hydrogen-bond donors (Lipinski definition) is 1. The number of amides is 2. The topological polar surface area (TPSA) is 44.8 Å². The molecule has 132 valence electrons. The number of urea groups is 1. The molecule has 5 nitrogen and oxygen atoms in total. The number of nitrogens with zero attached hydrogens (tertiary/aromatic N) is 2. The number of piperidine rings is 1. The summed E-state index contributed by atoms with van der Waals surface area (Å²) in [6.07, 6.45) is 4.59. The van der Waals surface area contributed by atoms with Gasteiger partial charge >= 0.3 is 6.03 Å². The van der Waals surface area contributed by atoms with Gasteiger partial charge < -0.3 is 19.9 Å². The molecule has 0 saturated carbocycles. The van der Waals surface area contributed by atoms with Crippen LogP contribution in [0.4, 0.5) is 10.5 Å². The first kappa shape index (κ1) is 17.1. The van der Waals surface area contributed by atoms with Gasteiger partial charge in [0.15, 0.2) is 0 Å². The highest BCUT2D eigenvalue weighted by Gasteiger charge is 2.23. The molecule has 1 aromatic rings. The Labute approximate surface area is 145 Å². The van der Waals surface area contributed by atoms with Crippen LogP contribution in [0.5, 0.6) is 0 Å². The van der Waals surface area contributed by atoms with E-state index in [0.717, 1.165) is 32.4 Å². The molecule has 0 unspecified atom stereocenters. The summed E-state index contributed by atoms with van der Waals surface area (Å²) in [6, 6.07) is 6.57. The number of carbonyl (C=O) groups is 1. The molecule has 1 aromatic carbocycles. The molecule has 1 N–H and O–H groups in total. The van der Waals surface area contributed by atoms with Crippen molar-refractivity contribution >= 4 is 11.7 Å². The molecule has 2 heterocycles. The van der Waals surface area contributed by atoms with Crippen molar-refractivity contribution in [1.29, 1.82) is 0 Å². The largest absolute Gasteiger partial charge is 0.377 e. The Hall–Kier alpha value is -1.75. The summed E-state index contributed by atoms with van der Waals surface area (Å²) in [5.41, 5.74) is 3.90. The Morgan fingerprint density at radius 2 is 2.21 bits per heavy atom. The lowest BCUT2D eigenvalue weighted by Crippen LogP contribution is -2.47. The lowest BCUT2D eigenvalue weighted by Gasteiger charge is -2.32. The third-order valence-corrected chi connectivity index (χ3v) is 5.01. The lowest BCUT2D eigenvalue weighted by atomic mass is 9.99. The number of aryl methyl sites for hydroxylation is 1. The van der Waals surface area contributed by atoms with Gasteiger partial charge in [0.1, 0.15) is 0 Å². The van der Waals surface area contributed by atoms with Gasteiger partial charge in [-0.05, 0) is 49.8 Å². The van der Waals surface area contributed by atoms with Gasteiger partial charge in [0.2, 0.25) is 0 Å². The van der Waals surface area contributed by atoms with Gasteiger partial charge in [-0.2, -0.15) is 0 Å². The van der Waals surface area contributed by atoms with Crippen molar-refractivity contribution in [3.63, 3.8) is 0 Å². The summed E-state index contributed by atoms with van der Waals surface area (Å²) in [6.45, 7) is 5.96. The Bertz CT molecular complexity index is 574. The fourth-order valence-electron chi connectivity index (χ4n) is 3.73. The summed E-state index contributed by atoms with van der Waals surface area (Å²) in [5, 5.41) is 3.07. The standard InChI is InChI=1S/C19H29N3O2/c1-3-24-17-7-5-11-22(14-17)19(23)20-13-15-8-9-18-16(12-15)6-4-10-21(18)2/h8-9,12,17H,3-7,10-11,13-14H2,1-2H3,(H,20,23)/t17-/m0/s1. The van der Waals surface area contributed by atoms with Crippen molar-refractivity contribution in [3.8, 4) is 0 Å². The molecule has 2 aliphatic rings. The summed E-state index contributed by atoms with van der Waals surface area (Å²) >= 11 is 0. The first-order valence-electron chi connectivity index (χ1n) is 9.14. The number of hydrogen-bond acceptors (Lipinski definition) is 3. The summed E-state index contributed by atoms with van der Waals surface area (Å²) < 4.78 is 5.67. The van der Waals surface area contributed by atoms with Crippen molar-refractivity contribution in [2.24, 2.45) is 0 Å². The number of carbonyl (C=O) groups excluding carboxylic acids is 1. The maximum absolute atomic E-state index is 12.4. The Balaban J connectivity index is 1.54. The fourth-order valence-corrected chi connectivity index (χ4v) is 3.73. The van der Waals surface area contributed by atoms with Gasteiger partial charge in [0.05, 0.1) is 6.10 Å². The minimum Gasteiger partial charge on any atom is -0.377 e. The predicted octanol–water partition coefficient (Wildman–Crippen LogP) is 2.78. The molecule has 1 fully saturated rings. The lowest BCUT2D eigenvalue weighted by molar-refractivity contribution is 0.0164. The van der Waals surface area contributed by atoms with Crippen LogP contribution < -0.4 is 10.2 Å². The highest BCUT2D eigenvalue weighted by molar-refractivity contribution is 5.74. The van der Waals surface area contributed by atoms with Gasteiger partial charge in [0.25, 0.3) is 0 Å². The van der Waals surface area contributed by atoms with E-state index < -0.39 is 0 Å². The van der Waals surface area contributed by atoms with E-state index in [0.29, 0.717) is 19.7 Å². The van der Waals surface area contributed by atoms with Crippen molar-refractivity contribution in [2.45, 2.75) is 45.3 Å². The van der Waals surface area contributed by atoms with Crippen LogP contribution in [0.25, 0.3) is 0 Å². The Morgan fingerprint density at radius 1 is 1.33 bits per heavy atom. The summed E-state index contributed by atoms with van der Waals surface area (Å²) in [5.74, 6) is 0. The maximum Gasteiger partial charge on any atom is 0.317 e. The van der Waals surface area contributed by atoms with Gasteiger partial charge in [-0.15, -0.1) is 0 Å². The molecule has 5 heteroatoms. The quantitative estimate of drug-likeness (QED) is 0.923. The zero-order chi connectivity index (χ0) is 16.9. The van der Waals surface area contributed by atoms with Gasteiger partial charge in [-0.25, -0.2) is 4.79 Å². The van der Waals surface area contributed by atoms with Crippen molar-refractivity contribution < 1.29 is 9.53 Å². The number of fused-ring (bicyclic) bond motifs is 1. The van der Waals surface area contributed by atoms with Gasteiger partial charge in [-0.3, -0.25) is 0 Å². The molecule has 2 amide bonds. The van der Waals surface area contributed by atoms with Crippen LogP contribution in [0, 0.1) is 0 Å². The van der Waals surface area contributed by atoms with E-state index in [1.54, 1.807) is 0 Å². The molecule has 0 radical (unpaired) electrons. The molecule has 0 aromatic heterocycles. The smallest absolute Gasteiger partial charge is 0.317 e. The van der Waals surface area contributed by atoms with Crippen LogP contribution in [-0.2, 0) is 17.7 Å². The molecular formula is C19H29N3O2. The van der Waals surface area contributed by atoms with Crippen LogP contribution >= 0.6 is 0 Å². The number of benzene rings is 1. The zero-order valence-electron chi connectivity index (χ0n) is 14.9. The van der Waals surface area contributed by atoms with E-state index in [2.05, 4.69) is 35.5 Å². The number of likely N-dealkylation sites (tertiary alicyclic amines) is 1. The van der Waals surface area contributed by atoms with Crippen molar-refractivity contribution in [2.75, 3.05) is 38.2 Å². The SMILES string of the molecule is CCO[C@H]1CCCN(C(=O)NCc2ccc3c(c2)CCCN3C)C1. The number of rotatable bonds is 4. The first-order valence-corrected chi connectivity index (χ1v) is 9.14. The average Bonchev–Trinajstić information content (AvgIpc) is 2.60. The molecule has 3 rings (SSSR count). The van der Waals surface area contributed by atoms with Crippen LogP contribution in [-0.4, -0.2) is 50.3 Å². The average molecular weight is 331 g/mol. The highest BCUT2D eigenvalue weighted by atomic mass is 16.5. The molecule has 0 bridgehead atoms. The number of nitrogens with one attached hydrogen (secondary N) is 1. The number of anilines is 1. The predicted molar refractivity (Wildman–Crippen MR) is 96.5 cm³/mol. The van der Waals surface area contributed by atoms with E-state index >= 15 is 0 Å². The minimum absolute atomic E-state index is 0.0224. The Kier molecular flexibility index (Phi) is 5.61. The minimum atomic E-state index is 0.0224. The third-order valence-electron chi connectivity index (χ3n) is 5.01. The zero-order valence-corrected chi connectivity index (χ0v) is 14.9. The van der Waals surface area contributed by atoms with Crippen LogP contribution in [0.3, 0.4) is 0 Å². The second-order valence-corrected chi connectivity index (χ2v) is 6.81. The molecular weight excluding hydrogens is 302 g/mol. The molecule has 2 aliphatic heterocycles. The van der Waals surface area contributed by atoms with Crippen LogP contribution in [0.15, 0.2) is 18.2 Å². The van der Waals surface area contributed by atoms with Gasteiger partial charge in [0, 0.05) is 45.5 Å². The molecule has 1 saturated heterocycles. The molecule has 1 atom stereocenters. The summed E-state index contributed by atoms with van der Waals surface area (Å²) in [7, 11) is 2.14. The van der Waals surface area contributed by atoms with Crippen LogP contribution in [0.2, 0.25) is 0 Å². The van der Waals surface area contributed by atoms with Crippen molar-refractivity contribution in [3.05, 3.63) is 29.3 Å². The van der Waals surface area contributed by atoms with Crippen molar-refractivity contribution in [1.82, 2.24) is 10.2 Å². The second-order valence-electron chi connectivity index (χ2n) is 6.81. The van der Waals surface area contributed by atoms with Crippen LogP contribution in [0.1, 0.15) is 37.3 Å². The maximum atomic E-state index is 12.4. The van der Waals surface area contributed by atoms with E-state index in [-0.39, 0.29) is 12.1 Å². The van der Waals surface area contributed by atoms with E-state index in [1.807, 2.05) is 11.8 Å². The fraction of sp³-hybridized carbons (Fsp3) is 0.632. The molecule has 0 spiro atoms. The van der Waals surface area contributed by atoms with E-state index in [1.165, 1.54) is 23.2 Å². The normalized spacial score (nSPS) is 20.7. The third kappa shape index (κ3) is 4.01. The first-order chi connectivity index (χ1) is 11.7. The highest BCUT2D eigenvalue weighted by Crippen LogP contribution is 2.26. The molecule has 0 aliphatic carbocycles. The second kappa shape index (κ2) is 7.88. The van der Waals surface area contributed by atoms with E-state index in [9.17, 15) is 4.79 Å². The number of ether oxygens (including phenoxy) is 1.